The van der Waals surface area contributed by atoms with Gasteiger partial charge in [0.05, 0.1) is 25.6 Å². The Kier molecular flexibility index (Phi) is 6.14. The standard InChI is InChI=1S/C17H18F2N2O4S/c1-25-14-5-3-4-12(10-14)17(22)20-8-9-21(26(2,23)24)13-6-7-15(18)16(19)11-13/h3-7,10-11H,8-9H2,1-2H3,(H,20,22). The van der Waals surface area contributed by atoms with Crippen molar-refractivity contribution in [3.63, 3.8) is 0 Å². The molecule has 0 atom stereocenters. The maximum absolute atomic E-state index is 13.4. The van der Waals surface area contributed by atoms with Gasteiger partial charge in [-0.25, -0.2) is 17.2 Å². The molecule has 0 bridgehead atoms. The van der Waals surface area contributed by atoms with Gasteiger partial charge >= 0.3 is 0 Å². The van der Waals surface area contributed by atoms with Gasteiger partial charge in [0, 0.05) is 18.2 Å². The summed E-state index contributed by atoms with van der Waals surface area (Å²) in [7, 11) is -2.27. The second-order valence-electron chi connectivity index (χ2n) is 5.42. The van der Waals surface area contributed by atoms with Crippen LogP contribution in [0.2, 0.25) is 0 Å². The third kappa shape index (κ3) is 4.92. The first-order valence-corrected chi connectivity index (χ1v) is 9.42. The highest BCUT2D eigenvalue weighted by atomic mass is 32.2. The van der Waals surface area contributed by atoms with Gasteiger partial charge in [0.15, 0.2) is 11.6 Å². The van der Waals surface area contributed by atoms with Crippen LogP contribution in [0, 0.1) is 11.6 Å². The fourth-order valence-electron chi connectivity index (χ4n) is 2.26. The second kappa shape index (κ2) is 8.13. The molecule has 0 aliphatic carbocycles. The van der Waals surface area contributed by atoms with Crippen molar-refractivity contribution in [1.29, 1.82) is 0 Å². The van der Waals surface area contributed by atoms with Gasteiger partial charge in [0.25, 0.3) is 5.91 Å². The molecule has 2 aromatic carbocycles. The van der Waals surface area contributed by atoms with Crippen LogP contribution < -0.4 is 14.4 Å². The summed E-state index contributed by atoms with van der Waals surface area (Å²) in [6, 6.07) is 9.25. The average Bonchev–Trinajstić information content (AvgIpc) is 2.60. The summed E-state index contributed by atoms with van der Waals surface area (Å²) in [5, 5.41) is 2.58. The minimum Gasteiger partial charge on any atom is -0.497 e. The number of amides is 1. The maximum atomic E-state index is 13.4. The molecule has 2 aromatic rings. The minimum atomic E-state index is -3.75. The Bertz CT molecular complexity index is 903. The van der Waals surface area contributed by atoms with E-state index in [0.717, 1.165) is 28.8 Å². The molecule has 0 radical (unpaired) electrons. The van der Waals surface area contributed by atoms with Crippen LogP contribution in [0.25, 0.3) is 0 Å². The molecule has 0 fully saturated rings. The first-order valence-electron chi connectivity index (χ1n) is 7.57. The van der Waals surface area contributed by atoms with E-state index in [1.807, 2.05) is 0 Å². The second-order valence-corrected chi connectivity index (χ2v) is 7.33. The van der Waals surface area contributed by atoms with Crippen LogP contribution >= 0.6 is 0 Å². The smallest absolute Gasteiger partial charge is 0.251 e. The van der Waals surface area contributed by atoms with Crippen molar-refractivity contribution in [2.45, 2.75) is 0 Å². The summed E-state index contributed by atoms with van der Waals surface area (Å²) in [6.45, 7) is -0.165. The van der Waals surface area contributed by atoms with Crippen LogP contribution in [-0.4, -0.2) is 40.8 Å². The van der Waals surface area contributed by atoms with Crippen molar-refractivity contribution in [1.82, 2.24) is 5.32 Å². The molecule has 0 spiro atoms. The molecule has 0 aromatic heterocycles. The lowest BCUT2D eigenvalue weighted by atomic mass is 10.2. The normalized spacial score (nSPS) is 11.1. The molecule has 9 heteroatoms. The van der Waals surface area contributed by atoms with Gasteiger partial charge in [-0.05, 0) is 30.3 Å². The van der Waals surface area contributed by atoms with E-state index in [0.29, 0.717) is 11.3 Å². The number of hydrogen-bond acceptors (Lipinski definition) is 4. The molecule has 0 aliphatic rings. The lowest BCUT2D eigenvalue weighted by molar-refractivity contribution is 0.0954. The van der Waals surface area contributed by atoms with Crippen molar-refractivity contribution in [3.05, 3.63) is 59.7 Å². The lowest BCUT2D eigenvalue weighted by Crippen LogP contribution is -2.38. The largest absolute Gasteiger partial charge is 0.497 e. The number of carbonyl (C=O) groups is 1. The van der Waals surface area contributed by atoms with Crippen LogP contribution in [0.15, 0.2) is 42.5 Å². The Hall–Kier alpha value is -2.68. The summed E-state index contributed by atoms with van der Waals surface area (Å²) >= 11 is 0. The van der Waals surface area contributed by atoms with Crippen molar-refractivity contribution < 1.29 is 26.7 Å². The van der Waals surface area contributed by atoms with Gasteiger partial charge in [0.1, 0.15) is 5.75 Å². The third-order valence-corrected chi connectivity index (χ3v) is 4.72. The predicted octanol–water partition coefficient (Wildman–Crippen LogP) is 2.17. The van der Waals surface area contributed by atoms with E-state index >= 15 is 0 Å². The molecule has 0 unspecified atom stereocenters. The summed E-state index contributed by atoms with van der Waals surface area (Å²) in [6.07, 6.45) is 0.943. The first-order chi connectivity index (χ1) is 12.2. The van der Waals surface area contributed by atoms with E-state index in [-0.39, 0.29) is 18.8 Å². The fourth-order valence-corrected chi connectivity index (χ4v) is 3.18. The molecular weight excluding hydrogens is 366 g/mol. The number of nitrogens with zero attached hydrogens (tertiary/aromatic N) is 1. The zero-order valence-electron chi connectivity index (χ0n) is 14.2. The van der Waals surface area contributed by atoms with Gasteiger partial charge in [-0.15, -0.1) is 0 Å². The van der Waals surface area contributed by atoms with Gasteiger partial charge in [-0.1, -0.05) is 6.07 Å². The molecule has 1 amide bonds. The number of carbonyl (C=O) groups excluding carboxylic acids is 1. The molecule has 0 aliphatic heterocycles. The highest BCUT2D eigenvalue weighted by Crippen LogP contribution is 2.20. The zero-order chi connectivity index (χ0) is 19.3. The molecule has 0 saturated heterocycles. The molecule has 26 heavy (non-hydrogen) atoms. The average molecular weight is 384 g/mol. The number of hydrogen-bond donors (Lipinski definition) is 1. The first kappa shape index (κ1) is 19.6. The number of rotatable bonds is 7. The monoisotopic (exact) mass is 384 g/mol. The van der Waals surface area contributed by atoms with Crippen LogP contribution in [0.5, 0.6) is 5.75 Å². The number of benzene rings is 2. The number of ether oxygens (including phenoxy) is 1. The van der Waals surface area contributed by atoms with E-state index in [1.54, 1.807) is 24.3 Å². The van der Waals surface area contributed by atoms with Crippen molar-refractivity contribution in [2.24, 2.45) is 0 Å². The number of sulfonamides is 1. The SMILES string of the molecule is COc1cccc(C(=O)NCCN(c2ccc(F)c(F)c2)S(C)(=O)=O)c1. The van der Waals surface area contributed by atoms with E-state index in [1.165, 1.54) is 7.11 Å². The fraction of sp³-hybridized carbons (Fsp3) is 0.235. The van der Waals surface area contributed by atoms with Gasteiger partial charge in [-0.3, -0.25) is 9.10 Å². The minimum absolute atomic E-state index is 0.0257. The molecule has 0 heterocycles. The molecular formula is C17H18F2N2O4S. The van der Waals surface area contributed by atoms with Crippen LogP contribution in [0.1, 0.15) is 10.4 Å². The molecule has 2 rings (SSSR count). The molecule has 0 saturated carbocycles. The maximum Gasteiger partial charge on any atom is 0.251 e. The van der Waals surface area contributed by atoms with E-state index < -0.39 is 27.6 Å². The Morgan fingerprint density at radius 3 is 2.50 bits per heavy atom. The molecule has 1 N–H and O–H groups in total. The Balaban J connectivity index is 2.08. The van der Waals surface area contributed by atoms with E-state index in [2.05, 4.69) is 5.32 Å². The molecule has 6 nitrogen and oxygen atoms in total. The Morgan fingerprint density at radius 2 is 1.88 bits per heavy atom. The number of halogens is 2. The lowest BCUT2D eigenvalue weighted by Gasteiger charge is -2.22. The number of anilines is 1. The molecule has 140 valence electrons. The predicted molar refractivity (Wildman–Crippen MR) is 93.9 cm³/mol. The Morgan fingerprint density at radius 1 is 1.15 bits per heavy atom. The summed E-state index contributed by atoms with van der Waals surface area (Å²) in [5.41, 5.74) is 0.324. The van der Waals surface area contributed by atoms with E-state index in [9.17, 15) is 22.0 Å². The van der Waals surface area contributed by atoms with Crippen molar-refractivity contribution in [2.75, 3.05) is 30.8 Å². The van der Waals surface area contributed by atoms with Crippen LogP contribution in [0.4, 0.5) is 14.5 Å². The number of nitrogens with one attached hydrogen (secondary N) is 1. The summed E-state index contributed by atoms with van der Waals surface area (Å²) in [4.78, 5) is 12.1. The third-order valence-electron chi connectivity index (χ3n) is 3.52. The zero-order valence-corrected chi connectivity index (χ0v) is 15.0. The highest BCUT2D eigenvalue weighted by Gasteiger charge is 2.19. The van der Waals surface area contributed by atoms with Gasteiger partial charge < -0.3 is 10.1 Å². The summed E-state index contributed by atoms with van der Waals surface area (Å²) < 4.78 is 56.3. The van der Waals surface area contributed by atoms with Crippen LogP contribution in [-0.2, 0) is 10.0 Å². The summed E-state index contributed by atoms with van der Waals surface area (Å²) in [5.74, 6) is -2.13. The Labute approximate surface area is 150 Å². The van der Waals surface area contributed by atoms with Crippen LogP contribution in [0.3, 0.4) is 0 Å². The van der Waals surface area contributed by atoms with Crippen molar-refractivity contribution in [3.8, 4) is 5.75 Å². The quantitative estimate of drug-likeness (QED) is 0.794. The van der Waals surface area contributed by atoms with E-state index in [4.69, 9.17) is 4.74 Å². The van der Waals surface area contributed by atoms with Crippen molar-refractivity contribution >= 4 is 21.6 Å². The highest BCUT2D eigenvalue weighted by molar-refractivity contribution is 7.92. The number of methoxy groups -OCH3 is 1. The van der Waals surface area contributed by atoms with Gasteiger partial charge in [-0.2, -0.15) is 0 Å². The topological polar surface area (TPSA) is 75.7 Å². The van der Waals surface area contributed by atoms with Gasteiger partial charge in [0.2, 0.25) is 10.0 Å².